The molecule has 1 atom stereocenters. The zero-order valence-corrected chi connectivity index (χ0v) is 16.2. The first kappa shape index (κ1) is 17.8. The van der Waals surface area contributed by atoms with Gasteiger partial charge in [-0.1, -0.05) is 41.4 Å². The van der Waals surface area contributed by atoms with Crippen molar-refractivity contribution in [3.63, 3.8) is 0 Å². The summed E-state index contributed by atoms with van der Waals surface area (Å²) < 4.78 is 0. The molecule has 1 aliphatic rings. The Labute approximate surface area is 174 Å². The van der Waals surface area contributed by atoms with Crippen molar-refractivity contribution < 1.29 is 9.90 Å². The van der Waals surface area contributed by atoms with Gasteiger partial charge in [0.15, 0.2) is 17.1 Å². The molecule has 0 radical (unpaired) electrons. The quantitative estimate of drug-likeness (QED) is 0.382. The van der Waals surface area contributed by atoms with E-state index in [2.05, 4.69) is 20.5 Å². The monoisotopic (exact) mass is 425 g/mol. The number of fused-ring (bicyclic) bond motifs is 2. The third kappa shape index (κ3) is 2.62. The molecule has 0 aliphatic carbocycles. The number of hydrogen-bond donors (Lipinski definition) is 4. The second-order valence-corrected chi connectivity index (χ2v) is 7.53. The van der Waals surface area contributed by atoms with Crippen LogP contribution in [-0.4, -0.2) is 26.2 Å². The average Bonchev–Trinajstić information content (AvgIpc) is 3.06. The Balaban J connectivity index is 1.88. The van der Waals surface area contributed by atoms with E-state index in [4.69, 9.17) is 28.9 Å². The molecule has 29 heavy (non-hydrogen) atoms. The molecule has 0 saturated carbocycles. The summed E-state index contributed by atoms with van der Waals surface area (Å²) in [6.07, 6.45) is 1.80. The second kappa shape index (κ2) is 6.37. The molecule has 0 saturated heterocycles. The van der Waals surface area contributed by atoms with Crippen LogP contribution in [0.2, 0.25) is 10.0 Å². The van der Waals surface area contributed by atoms with Gasteiger partial charge in [0.2, 0.25) is 0 Å². The molecule has 0 fully saturated rings. The van der Waals surface area contributed by atoms with Crippen LogP contribution in [0.3, 0.4) is 0 Å². The number of nitrogens with zero attached hydrogens (tertiary/aromatic N) is 2. The Morgan fingerprint density at radius 2 is 1.86 bits per heavy atom. The number of halogens is 2. The number of aromatic hydroxyl groups is 1. The van der Waals surface area contributed by atoms with Gasteiger partial charge >= 0.3 is 0 Å². The van der Waals surface area contributed by atoms with Gasteiger partial charge in [-0.25, -0.2) is 0 Å². The summed E-state index contributed by atoms with van der Waals surface area (Å²) in [6.45, 7) is 0. The van der Waals surface area contributed by atoms with Crippen LogP contribution in [0.4, 0.5) is 5.69 Å². The van der Waals surface area contributed by atoms with Crippen LogP contribution >= 0.6 is 23.2 Å². The van der Waals surface area contributed by atoms with Crippen LogP contribution in [-0.2, 0) is 0 Å². The van der Waals surface area contributed by atoms with Crippen LogP contribution in [0, 0.1) is 0 Å². The summed E-state index contributed by atoms with van der Waals surface area (Å²) in [7, 11) is 0. The Hall–Kier alpha value is -3.29. The minimum absolute atomic E-state index is 0.0926. The fourth-order valence-electron chi connectivity index (χ4n) is 3.77. The molecule has 2 aromatic carbocycles. The van der Waals surface area contributed by atoms with Gasteiger partial charge in [-0.2, -0.15) is 0 Å². The summed E-state index contributed by atoms with van der Waals surface area (Å²) >= 11 is 12.3. The summed E-state index contributed by atoms with van der Waals surface area (Å²) in [5.74, 6) is -0.835. The molecule has 5 rings (SSSR count). The number of carbonyl (C=O) groups excluding carboxylic acids is 1. The summed E-state index contributed by atoms with van der Waals surface area (Å²) in [6, 6.07) is 10.5. The first-order valence-electron chi connectivity index (χ1n) is 8.67. The van der Waals surface area contributed by atoms with Gasteiger partial charge in [0.1, 0.15) is 0 Å². The van der Waals surface area contributed by atoms with Crippen LogP contribution in [0.1, 0.15) is 27.7 Å². The molecule has 5 N–H and O–H groups in total. The van der Waals surface area contributed by atoms with E-state index in [1.54, 1.807) is 18.3 Å². The summed E-state index contributed by atoms with van der Waals surface area (Å²) in [5.41, 5.74) is 9.95. The predicted octanol–water partition coefficient (Wildman–Crippen LogP) is 4.25. The number of primary amides is 1. The number of anilines is 1. The number of nitrogens with two attached hydrogens (primary N) is 1. The second-order valence-electron chi connectivity index (χ2n) is 6.71. The number of phenolic OH excluding ortho intramolecular Hbond substituents is 1. The summed E-state index contributed by atoms with van der Waals surface area (Å²) in [5, 5.41) is 22.6. The molecule has 144 valence electrons. The van der Waals surface area contributed by atoms with Crippen molar-refractivity contribution in [2.75, 3.05) is 5.32 Å². The van der Waals surface area contributed by atoms with Gasteiger partial charge < -0.3 is 21.1 Å². The molecule has 2 aromatic heterocycles. The molecule has 3 heterocycles. The first-order valence-corrected chi connectivity index (χ1v) is 9.42. The largest absolute Gasteiger partial charge is 0.505 e. The maximum Gasteiger partial charge on any atom is 0.269 e. The van der Waals surface area contributed by atoms with Gasteiger partial charge in [-0.3, -0.25) is 4.79 Å². The van der Waals surface area contributed by atoms with Crippen LogP contribution in [0.25, 0.3) is 22.2 Å². The van der Waals surface area contributed by atoms with Gasteiger partial charge in [0.25, 0.3) is 5.91 Å². The number of H-pyrrole nitrogens is 1. The number of phenols is 1. The molecule has 1 amide bonds. The number of hydrogen-bond acceptors (Lipinski definition) is 5. The molecule has 0 bridgehead atoms. The lowest BCUT2D eigenvalue weighted by atomic mass is 9.95. The fourth-order valence-corrected chi connectivity index (χ4v) is 4.28. The van der Waals surface area contributed by atoms with Gasteiger partial charge in [-0.05, 0) is 23.8 Å². The number of para-hydroxylation sites is 1. The number of aromatic nitrogens is 3. The third-order valence-electron chi connectivity index (χ3n) is 5.04. The zero-order chi connectivity index (χ0) is 20.3. The Kier molecular flexibility index (Phi) is 3.90. The Morgan fingerprint density at radius 1 is 1.14 bits per heavy atom. The van der Waals surface area contributed by atoms with Crippen LogP contribution in [0.15, 0.2) is 42.6 Å². The minimum atomic E-state index is -0.662. The minimum Gasteiger partial charge on any atom is -0.505 e. The number of amides is 1. The van der Waals surface area contributed by atoms with E-state index in [-0.39, 0.29) is 27.5 Å². The average molecular weight is 426 g/mol. The number of rotatable bonds is 2. The molecule has 7 nitrogen and oxygen atoms in total. The standard InChI is InChI=1S/C20H13Cl2N5O2/c21-11-5-8(6-12(22)18(11)28)16-10-7-24-20-15(10)14(17(19(23)29)26-27-20)9-3-1-2-4-13(9)25-16/h1-7,16,25,28H,(H2,23,29)(H,24,27). The molecular formula is C20H13Cl2N5O2. The molecule has 1 aliphatic heterocycles. The maximum atomic E-state index is 12.1. The van der Waals surface area contributed by atoms with Gasteiger partial charge in [-0.15, -0.1) is 10.2 Å². The fraction of sp³-hybridized carbons (Fsp3) is 0.0500. The van der Waals surface area contributed by atoms with E-state index in [1.807, 2.05) is 24.3 Å². The van der Waals surface area contributed by atoms with E-state index in [1.165, 1.54) is 0 Å². The van der Waals surface area contributed by atoms with Crippen molar-refractivity contribution in [1.82, 2.24) is 15.2 Å². The highest BCUT2D eigenvalue weighted by atomic mass is 35.5. The number of nitrogens with one attached hydrogen (secondary N) is 2. The van der Waals surface area contributed by atoms with E-state index >= 15 is 0 Å². The van der Waals surface area contributed by atoms with E-state index in [0.29, 0.717) is 11.2 Å². The smallest absolute Gasteiger partial charge is 0.269 e. The van der Waals surface area contributed by atoms with Crippen molar-refractivity contribution in [3.8, 4) is 16.9 Å². The highest BCUT2D eigenvalue weighted by Crippen LogP contribution is 2.46. The molecule has 1 unspecified atom stereocenters. The van der Waals surface area contributed by atoms with E-state index < -0.39 is 5.91 Å². The van der Waals surface area contributed by atoms with E-state index in [0.717, 1.165) is 27.8 Å². The number of aromatic amines is 1. The topological polar surface area (TPSA) is 117 Å². The van der Waals surface area contributed by atoms with Crippen molar-refractivity contribution in [2.45, 2.75) is 6.04 Å². The Bertz CT molecular complexity index is 1290. The van der Waals surface area contributed by atoms with Crippen LogP contribution < -0.4 is 11.1 Å². The van der Waals surface area contributed by atoms with Gasteiger partial charge in [0.05, 0.1) is 16.1 Å². The molecular weight excluding hydrogens is 413 g/mol. The highest BCUT2D eigenvalue weighted by Gasteiger charge is 2.30. The number of carbonyl (C=O) groups is 1. The SMILES string of the molecule is NC(=O)c1nnc2[nH]cc3c2c1-c1ccccc1NC3c1cc(Cl)c(O)c(Cl)c1. The summed E-state index contributed by atoms with van der Waals surface area (Å²) in [4.78, 5) is 15.2. The zero-order valence-electron chi connectivity index (χ0n) is 14.7. The van der Waals surface area contributed by atoms with Gasteiger partial charge in [0, 0.05) is 34.0 Å². The van der Waals surface area contributed by atoms with E-state index in [9.17, 15) is 9.90 Å². The number of benzene rings is 2. The maximum absolute atomic E-state index is 12.1. The Morgan fingerprint density at radius 3 is 2.59 bits per heavy atom. The lowest BCUT2D eigenvalue weighted by Gasteiger charge is -2.20. The molecule has 9 heteroatoms. The van der Waals surface area contributed by atoms with Crippen molar-refractivity contribution in [2.24, 2.45) is 5.73 Å². The van der Waals surface area contributed by atoms with Crippen molar-refractivity contribution >= 4 is 45.8 Å². The first-order chi connectivity index (χ1) is 14.0. The molecule has 4 aromatic rings. The lowest BCUT2D eigenvalue weighted by molar-refractivity contribution is 0.0995. The molecule has 0 spiro atoms. The van der Waals surface area contributed by atoms with Crippen LogP contribution in [0.5, 0.6) is 5.75 Å². The predicted molar refractivity (Wildman–Crippen MR) is 111 cm³/mol. The lowest BCUT2D eigenvalue weighted by Crippen LogP contribution is -2.15. The third-order valence-corrected chi connectivity index (χ3v) is 5.62. The normalized spacial score (nSPS) is 14.9. The van der Waals surface area contributed by atoms with Crippen molar-refractivity contribution in [3.05, 3.63) is 69.5 Å². The highest BCUT2D eigenvalue weighted by molar-refractivity contribution is 6.37. The van der Waals surface area contributed by atoms with Crippen molar-refractivity contribution in [1.29, 1.82) is 0 Å².